The number of halogens is 1. The first-order valence-electron chi connectivity index (χ1n) is 7.83. The molecule has 0 fully saturated rings. The molecule has 0 atom stereocenters. The molecule has 0 saturated carbocycles. The van der Waals surface area contributed by atoms with Crippen molar-refractivity contribution in [1.82, 2.24) is 4.90 Å². The summed E-state index contributed by atoms with van der Waals surface area (Å²) < 4.78 is 10.1. The number of likely N-dealkylation sites (N-methyl/N-ethyl adjacent to an activating group) is 1. The molecular weight excluding hydrogens is 358 g/mol. The van der Waals surface area contributed by atoms with E-state index in [0.29, 0.717) is 35.3 Å². The Kier molecular flexibility index (Phi) is 7.11. The van der Waals surface area contributed by atoms with Crippen LogP contribution in [0, 0.1) is 0 Å². The fourth-order valence-electron chi connectivity index (χ4n) is 2.00. The van der Waals surface area contributed by atoms with E-state index in [9.17, 15) is 9.59 Å². The molecule has 2 aromatic rings. The summed E-state index contributed by atoms with van der Waals surface area (Å²) >= 11 is 5.82. The van der Waals surface area contributed by atoms with Crippen molar-refractivity contribution in [3.05, 3.63) is 53.6 Å². The van der Waals surface area contributed by atoms with Gasteiger partial charge in [-0.25, -0.2) is 9.59 Å². The number of carbonyl (C=O) groups excluding carboxylic acids is 2. The lowest BCUT2D eigenvalue weighted by atomic mass is 10.3. The second-order valence-corrected chi connectivity index (χ2v) is 5.79. The Morgan fingerprint density at radius 3 is 2.38 bits per heavy atom. The lowest BCUT2D eigenvalue weighted by Crippen LogP contribution is -2.34. The Morgan fingerprint density at radius 2 is 1.73 bits per heavy atom. The van der Waals surface area contributed by atoms with E-state index in [0.717, 1.165) is 0 Å². The molecule has 0 heterocycles. The van der Waals surface area contributed by atoms with Crippen LogP contribution in [0.4, 0.5) is 21.0 Å². The van der Waals surface area contributed by atoms with Crippen LogP contribution in [-0.4, -0.2) is 44.3 Å². The third-order valence-electron chi connectivity index (χ3n) is 3.40. The average Bonchev–Trinajstić information content (AvgIpc) is 2.63. The molecule has 0 aromatic heterocycles. The number of urea groups is 1. The van der Waals surface area contributed by atoms with E-state index in [1.54, 1.807) is 55.6 Å². The minimum Gasteiger partial charge on any atom is -0.492 e. The SMILES string of the molecule is COC(=O)Nc1cccc(NC(=O)N(C)CCOc2ccc(Cl)cc2)c1. The number of hydrogen-bond donors (Lipinski definition) is 2. The number of ether oxygens (including phenoxy) is 2. The van der Waals surface area contributed by atoms with E-state index in [1.807, 2.05) is 0 Å². The molecule has 3 amide bonds. The van der Waals surface area contributed by atoms with Gasteiger partial charge in [-0.15, -0.1) is 0 Å². The van der Waals surface area contributed by atoms with Gasteiger partial charge in [0.2, 0.25) is 0 Å². The topological polar surface area (TPSA) is 79.9 Å². The Hall–Kier alpha value is -2.93. The predicted octanol–water partition coefficient (Wildman–Crippen LogP) is 4.06. The summed E-state index contributed by atoms with van der Waals surface area (Å²) in [6.45, 7) is 0.740. The molecule has 26 heavy (non-hydrogen) atoms. The molecule has 2 aromatic carbocycles. The molecule has 0 aliphatic rings. The van der Waals surface area contributed by atoms with E-state index < -0.39 is 6.09 Å². The van der Waals surface area contributed by atoms with Gasteiger partial charge in [0.1, 0.15) is 12.4 Å². The van der Waals surface area contributed by atoms with Gasteiger partial charge in [0.25, 0.3) is 0 Å². The van der Waals surface area contributed by atoms with Gasteiger partial charge in [0, 0.05) is 23.4 Å². The van der Waals surface area contributed by atoms with E-state index in [-0.39, 0.29) is 6.03 Å². The van der Waals surface area contributed by atoms with Crippen LogP contribution in [0.15, 0.2) is 48.5 Å². The number of carbonyl (C=O) groups is 2. The Morgan fingerprint density at radius 1 is 1.08 bits per heavy atom. The highest BCUT2D eigenvalue weighted by molar-refractivity contribution is 6.30. The normalized spacial score (nSPS) is 9.96. The van der Waals surface area contributed by atoms with Gasteiger partial charge in [0.05, 0.1) is 13.7 Å². The zero-order chi connectivity index (χ0) is 18.9. The van der Waals surface area contributed by atoms with E-state index >= 15 is 0 Å². The predicted molar refractivity (Wildman–Crippen MR) is 101 cm³/mol. The summed E-state index contributed by atoms with van der Waals surface area (Å²) in [7, 11) is 2.94. The molecule has 0 aliphatic heterocycles. The van der Waals surface area contributed by atoms with Crippen LogP contribution in [0.2, 0.25) is 5.02 Å². The number of methoxy groups -OCH3 is 1. The summed E-state index contributed by atoms with van der Waals surface area (Å²) in [6, 6.07) is 13.5. The molecule has 0 unspecified atom stereocenters. The molecule has 8 heteroatoms. The quantitative estimate of drug-likeness (QED) is 0.795. The van der Waals surface area contributed by atoms with Gasteiger partial charge in [-0.1, -0.05) is 17.7 Å². The zero-order valence-electron chi connectivity index (χ0n) is 14.5. The molecule has 2 rings (SSSR count). The van der Waals surface area contributed by atoms with Crippen molar-refractivity contribution in [3.63, 3.8) is 0 Å². The maximum atomic E-state index is 12.2. The number of amides is 3. The number of nitrogens with one attached hydrogen (secondary N) is 2. The summed E-state index contributed by atoms with van der Waals surface area (Å²) in [6.07, 6.45) is -0.579. The van der Waals surface area contributed by atoms with Crippen LogP contribution in [0.25, 0.3) is 0 Å². The molecule has 7 nitrogen and oxygen atoms in total. The summed E-state index contributed by atoms with van der Waals surface area (Å²) in [4.78, 5) is 24.9. The maximum Gasteiger partial charge on any atom is 0.411 e. The largest absolute Gasteiger partial charge is 0.492 e. The van der Waals surface area contributed by atoms with Crippen molar-refractivity contribution in [2.24, 2.45) is 0 Å². The van der Waals surface area contributed by atoms with Crippen LogP contribution in [0.1, 0.15) is 0 Å². The third-order valence-corrected chi connectivity index (χ3v) is 3.65. The Balaban J connectivity index is 1.81. The zero-order valence-corrected chi connectivity index (χ0v) is 15.2. The van der Waals surface area contributed by atoms with Crippen LogP contribution < -0.4 is 15.4 Å². The molecule has 0 aliphatic carbocycles. The molecule has 0 spiro atoms. The Labute approximate surface area is 156 Å². The lowest BCUT2D eigenvalue weighted by Gasteiger charge is -2.18. The van der Waals surface area contributed by atoms with Crippen molar-refractivity contribution < 1.29 is 19.1 Å². The van der Waals surface area contributed by atoms with Gasteiger partial charge in [-0.05, 0) is 42.5 Å². The van der Waals surface area contributed by atoms with Crippen LogP contribution >= 0.6 is 11.6 Å². The summed E-state index contributed by atoms with van der Waals surface area (Å²) in [5.41, 5.74) is 1.07. The standard InChI is InChI=1S/C18H20ClN3O4/c1-22(10-11-26-16-8-6-13(19)7-9-16)17(23)20-14-4-3-5-15(12-14)21-18(24)25-2/h3-9,12H,10-11H2,1-2H3,(H,20,23)(H,21,24). The number of nitrogens with zero attached hydrogens (tertiary/aromatic N) is 1. The highest BCUT2D eigenvalue weighted by Gasteiger charge is 2.10. The summed E-state index contributed by atoms with van der Waals surface area (Å²) in [5, 5.41) is 5.92. The number of benzene rings is 2. The average molecular weight is 378 g/mol. The van der Waals surface area contributed by atoms with Crippen molar-refractivity contribution in [2.45, 2.75) is 0 Å². The van der Waals surface area contributed by atoms with Crippen LogP contribution in [-0.2, 0) is 4.74 Å². The number of anilines is 2. The van der Waals surface area contributed by atoms with Crippen LogP contribution in [0.5, 0.6) is 5.75 Å². The fourth-order valence-corrected chi connectivity index (χ4v) is 2.12. The van der Waals surface area contributed by atoms with E-state index in [4.69, 9.17) is 16.3 Å². The summed E-state index contributed by atoms with van der Waals surface area (Å²) in [5.74, 6) is 0.685. The molecule has 0 radical (unpaired) electrons. The number of rotatable bonds is 6. The van der Waals surface area contributed by atoms with E-state index in [2.05, 4.69) is 15.4 Å². The first kappa shape index (κ1) is 19.4. The van der Waals surface area contributed by atoms with Crippen LogP contribution in [0.3, 0.4) is 0 Å². The van der Waals surface area contributed by atoms with Gasteiger partial charge in [-0.3, -0.25) is 5.32 Å². The van der Waals surface area contributed by atoms with Gasteiger partial charge >= 0.3 is 12.1 Å². The lowest BCUT2D eigenvalue weighted by molar-refractivity contribution is 0.187. The molecule has 138 valence electrons. The maximum absolute atomic E-state index is 12.2. The van der Waals surface area contributed by atoms with E-state index in [1.165, 1.54) is 12.0 Å². The minimum absolute atomic E-state index is 0.292. The van der Waals surface area contributed by atoms with Gasteiger partial charge in [-0.2, -0.15) is 0 Å². The molecular formula is C18H20ClN3O4. The first-order chi connectivity index (χ1) is 12.5. The molecule has 0 saturated heterocycles. The number of hydrogen-bond acceptors (Lipinski definition) is 4. The van der Waals surface area contributed by atoms with Crippen molar-refractivity contribution in [3.8, 4) is 5.75 Å². The fraction of sp³-hybridized carbons (Fsp3) is 0.222. The van der Waals surface area contributed by atoms with Crippen molar-refractivity contribution in [1.29, 1.82) is 0 Å². The first-order valence-corrected chi connectivity index (χ1v) is 8.21. The van der Waals surface area contributed by atoms with Gasteiger partial charge in [0.15, 0.2) is 0 Å². The monoisotopic (exact) mass is 377 g/mol. The van der Waals surface area contributed by atoms with Crippen molar-refractivity contribution in [2.75, 3.05) is 37.9 Å². The Bertz CT molecular complexity index is 752. The second kappa shape index (κ2) is 9.53. The highest BCUT2D eigenvalue weighted by Crippen LogP contribution is 2.16. The molecule has 0 bridgehead atoms. The highest BCUT2D eigenvalue weighted by atomic mass is 35.5. The minimum atomic E-state index is -0.579. The third kappa shape index (κ3) is 6.18. The second-order valence-electron chi connectivity index (χ2n) is 5.35. The smallest absolute Gasteiger partial charge is 0.411 e. The van der Waals surface area contributed by atoms with Gasteiger partial charge < -0.3 is 19.7 Å². The van der Waals surface area contributed by atoms with Crippen molar-refractivity contribution >= 4 is 35.1 Å². The molecule has 2 N–H and O–H groups in total.